The van der Waals surface area contributed by atoms with E-state index in [0.717, 1.165) is 20.1 Å². The zero-order valence-corrected chi connectivity index (χ0v) is 14.1. The molecule has 2 N–H and O–H groups in total. The number of carbonyl (C=O) groups is 1. The van der Waals surface area contributed by atoms with Gasteiger partial charge in [0, 0.05) is 5.02 Å². The highest BCUT2D eigenvalue weighted by molar-refractivity contribution is 8.02. The average molecular weight is 349 g/mol. The lowest BCUT2D eigenvalue weighted by Gasteiger charge is -2.24. The van der Waals surface area contributed by atoms with Gasteiger partial charge in [0.15, 0.2) is 4.34 Å². The standard InChI is InChI=1S/C16H13ClN2OS2/c1-16(14(18)20,10-5-3-2-4-6-10)22-15-19-12-9-11(17)7-8-13(12)21-15/h2-9H,1H3,(H2,18,20). The molecule has 0 radical (unpaired) electrons. The van der Waals surface area contributed by atoms with Crippen molar-refractivity contribution >= 4 is 50.8 Å². The number of amides is 1. The van der Waals surface area contributed by atoms with Crippen LogP contribution in [-0.4, -0.2) is 10.9 Å². The van der Waals surface area contributed by atoms with Crippen molar-refractivity contribution in [3.8, 4) is 0 Å². The van der Waals surface area contributed by atoms with Gasteiger partial charge in [-0.1, -0.05) is 53.7 Å². The van der Waals surface area contributed by atoms with Gasteiger partial charge in [-0.05, 0) is 30.7 Å². The minimum atomic E-state index is -0.862. The number of halogens is 1. The Morgan fingerprint density at radius 3 is 2.68 bits per heavy atom. The molecule has 0 saturated carbocycles. The highest BCUT2D eigenvalue weighted by atomic mass is 35.5. The van der Waals surface area contributed by atoms with Crippen molar-refractivity contribution in [3.63, 3.8) is 0 Å². The smallest absolute Gasteiger partial charge is 0.238 e. The summed E-state index contributed by atoms with van der Waals surface area (Å²) < 4.78 is 0.966. The number of thioether (sulfide) groups is 1. The molecule has 0 fully saturated rings. The van der Waals surface area contributed by atoms with Crippen LogP contribution in [-0.2, 0) is 9.54 Å². The average Bonchev–Trinajstić information content (AvgIpc) is 2.89. The second-order valence-corrected chi connectivity index (χ2v) is 8.09. The van der Waals surface area contributed by atoms with Gasteiger partial charge in [-0.15, -0.1) is 11.3 Å². The van der Waals surface area contributed by atoms with Crippen molar-refractivity contribution in [2.75, 3.05) is 0 Å². The van der Waals surface area contributed by atoms with Gasteiger partial charge >= 0.3 is 0 Å². The molecule has 3 rings (SSSR count). The van der Waals surface area contributed by atoms with Gasteiger partial charge in [0.25, 0.3) is 0 Å². The van der Waals surface area contributed by atoms with E-state index in [1.165, 1.54) is 23.1 Å². The molecule has 1 amide bonds. The minimum absolute atomic E-state index is 0.388. The molecule has 2 aromatic carbocycles. The number of thiazole rings is 1. The summed E-state index contributed by atoms with van der Waals surface area (Å²) in [4.78, 5) is 16.6. The molecule has 6 heteroatoms. The van der Waals surface area contributed by atoms with Gasteiger partial charge in [0.05, 0.1) is 10.2 Å². The third kappa shape index (κ3) is 2.84. The molecule has 22 heavy (non-hydrogen) atoms. The van der Waals surface area contributed by atoms with Crippen molar-refractivity contribution in [2.45, 2.75) is 16.0 Å². The van der Waals surface area contributed by atoms with Crippen LogP contribution >= 0.6 is 34.7 Å². The van der Waals surface area contributed by atoms with Crippen LogP contribution in [0.1, 0.15) is 12.5 Å². The zero-order valence-electron chi connectivity index (χ0n) is 11.7. The third-order valence-electron chi connectivity index (χ3n) is 3.42. The van der Waals surface area contributed by atoms with Gasteiger partial charge in [-0.2, -0.15) is 0 Å². The molecular weight excluding hydrogens is 336 g/mol. The Balaban J connectivity index is 2.01. The first-order chi connectivity index (χ1) is 10.5. The van der Waals surface area contributed by atoms with E-state index in [1.54, 1.807) is 0 Å². The van der Waals surface area contributed by atoms with E-state index in [4.69, 9.17) is 17.3 Å². The van der Waals surface area contributed by atoms with Crippen LogP contribution in [0.3, 0.4) is 0 Å². The van der Waals surface area contributed by atoms with E-state index in [0.29, 0.717) is 5.02 Å². The van der Waals surface area contributed by atoms with Crippen LogP contribution in [0.4, 0.5) is 0 Å². The summed E-state index contributed by atoms with van der Waals surface area (Å²) in [5, 5.41) is 0.648. The second kappa shape index (κ2) is 5.91. The minimum Gasteiger partial charge on any atom is -0.368 e. The topological polar surface area (TPSA) is 56.0 Å². The fraction of sp³-hybridized carbons (Fsp3) is 0.125. The fourth-order valence-electron chi connectivity index (χ4n) is 2.11. The number of hydrogen-bond donors (Lipinski definition) is 1. The maximum Gasteiger partial charge on any atom is 0.238 e. The number of rotatable bonds is 4. The van der Waals surface area contributed by atoms with E-state index in [-0.39, 0.29) is 5.91 Å². The quantitative estimate of drug-likeness (QED) is 0.709. The second-order valence-electron chi connectivity index (χ2n) is 4.96. The maximum atomic E-state index is 12.1. The van der Waals surface area contributed by atoms with E-state index in [9.17, 15) is 4.79 Å². The van der Waals surface area contributed by atoms with Gasteiger partial charge < -0.3 is 5.73 Å². The molecule has 1 aromatic heterocycles. The largest absolute Gasteiger partial charge is 0.368 e. The van der Waals surface area contributed by atoms with E-state index in [2.05, 4.69) is 4.98 Å². The summed E-state index contributed by atoms with van der Waals surface area (Å²) in [6.45, 7) is 1.83. The van der Waals surface area contributed by atoms with Crippen molar-refractivity contribution in [1.82, 2.24) is 4.98 Å². The number of aromatic nitrogens is 1. The number of primary amides is 1. The van der Waals surface area contributed by atoms with Gasteiger partial charge in [-0.25, -0.2) is 4.98 Å². The monoisotopic (exact) mass is 348 g/mol. The number of fused-ring (bicyclic) bond motifs is 1. The highest BCUT2D eigenvalue weighted by Gasteiger charge is 2.35. The van der Waals surface area contributed by atoms with Gasteiger partial charge in [0.1, 0.15) is 4.75 Å². The third-order valence-corrected chi connectivity index (χ3v) is 6.09. The van der Waals surface area contributed by atoms with E-state index >= 15 is 0 Å². The maximum absolute atomic E-state index is 12.1. The van der Waals surface area contributed by atoms with Crippen LogP contribution in [0.15, 0.2) is 52.9 Å². The summed E-state index contributed by atoms with van der Waals surface area (Å²) in [6, 6.07) is 15.1. The first-order valence-electron chi connectivity index (χ1n) is 6.59. The molecule has 3 aromatic rings. The first kappa shape index (κ1) is 15.3. The van der Waals surface area contributed by atoms with Crippen molar-refractivity contribution in [3.05, 3.63) is 59.1 Å². The Hall–Kier alpha value is -1.56. The molecule has 3 nitrogen and oxygen atoms in total. The van der Waals surface area contributed by atoms with Crippen molar-refractivity contribution < 1.29 is 4.79 Å². The van der Waals surface area contributed by atoms with E-state index < -0.39 is 4.75 Å². The summed E-state index contributed by atoms with van der Waals surface area (Å²) in [5.74, 6) is -0.388. The predicted octanol–water partition coefficient (Wildman–Crippen LogP) is 4.44. The molecule has 0 spiro atoms. The molecule has 0 saturated heterocycles. The Morgan fingerprint density at radius 1 is 1.27 bits per heavy atom. The fourth-order valence-corrected chi connectivity index (χ4v) is 4.73. The summed E-state index contributed by atoms with van der Waals surface area (Å²) in [5.41, 5.74) is 7.36. The number of hydrogen-bond acceptors (Lipinski definition) is 4. The first-order valence-corrected chi connectivity index (χ1v) is 8.61. The Morgan fingerprint density at radius 2 is 2.00 bits per heavy atom. The number of benzene rings is 2. The number of carbonyl (C=O) groups excluding carboxylic acids is 1. The van der Waals surface area contributed by atoms with Crippen LogP contribution in [0.5, 0.6) is 0 Å². The SMILES string of the molecule is CC(Sc1nc2cc(Cl)ccc2s1)(C(N)=O)c1ccccc1. The molecular formula is C16H13ClN2OS2. The summed E-state index contributed by atoms with van der Waals surface area (Å²) in [6.07, 6.45) is 0. The molecule has 112 valence electrons. The molecule has 0 aliphatic heterocycles. The Labute approximate surface area is 141 Å². The number of nitrogens with two attached hydrogens (primary N) is 1. The summed E-state index contributed by atoms with van der Waals surface area (Å²) in [7, 11) is 0. The Kier molecular flexibility index (Phi) is 4.12. The highest BCUT2D eigenvalue weighted by Crippen LogP contribution is 2.43. The zero-order chi connectivity index (χ0) is 15.7. The lowest BCUT2D eigenvalue weighted by molar-refractivity contribution is -0.120. The predicted molar refractivity (Wildman–Crippen MR) is 93.5 cm³/mol. The molecule has 0 aliphatic rings. The molecule has 1 heterocycles. The normalized spacial score (nSPS) is 13.9. The Bertz CT molecular complexity index is 835. The van der Waals surface area contributed by atoms with Crippen molar-refractivity contribution in [1.29, 1.82) is 0 Å². The van der Waals surface area contributed by atoms with Crippen LogP contribution in [0.25, 0.3) is 10.2 Å². The lowest BCUT2D eigenvalue weighted by Crippen LogP contribution is -2.35. The van der Waals surface area contributed by atoms with E-state index in [1.807, 2.05) is 55.5 Å². The van der Waals surface area contributed by atoms with Gasteiger partial charge in [0.2, 0.25) is 5.91 Å². The summed E-state index contributed by atoms with van der Waals surface area (Å²) >= 11 is 8.90. The molecule has 1 atom stereocenters. The molecule has 0 bridgehead atoms. The van der Waals surface area contributed by atoms with Crippen LogP contribution in [0, 0.1) is 0 Å². The van der Waals surface area contributed by atoms with Crippen molar-refractivity contribution in [2.24, 2.45) is 5.73 Å². The van der Waals surface area contributed by atoms with Crippen LogP contribution < -0.4 is 5.73 Å². The number of nitrogens with zero attached hydrogens (tertiary/aromatic N) is 1. The molecule has 0 aliphatic carbocycles. The van der Waals surface area contributed by atoms with Crippen LogP contribution in [0.2, 0.25) is 5.02 Å². The van der Waals surface area contributed by atoms with Gasteiger partial charge in [-0.3, -0.25) is 4.79 Å². The molecule has 1 unspecified atom stereocenters. The lowest BCUT2D eigenvalue weighted by atomic mass is 10.00.